The van der Waals surface area contributed by atoms with E-state index in [1.165, 1.54) is 0 Å². The molecule has 0 spiro atoms. The summed E-state index contributed by atoms with van der Waals surface area (Å²) in [7, 11) is 0. The van der Waals surface area contributed by atoms with Crippen molar-refractivity contribution in [3.05, 3.63) is 30.3 Å². The zero-order chi connectivity index (χ0) is 13.1. The van der Waals surface area contributed by atoms with Gasteiger partial charge in [0.2, 0.25) is 5.91 Å². The summed E-state index contributed by atoms with van der Waals surface area (Å²) in [6.45, 7) is 1.85. The first kappa shape index (κ1) is 13.6. The van der Waals surface area contributed by atoms with Crippen molar-refractivity contribution in [3.63, 3.8) is 0 Å². The largest absolute Gasteiger partial charge is 0.391 e. The summed E-state index contributed by atoms with van der Waals surface area (Å²) in [6.07, 6.45) is 1.49. The minimum atomic E-state index is -0.454. The van der Waals surface area contributed by atoms with Crippen molar-refractivity contribution in [3.8, 4) is 0 Å². The molecule has 4 heteroatoms. The first-order valence-electron chi connectivity index (χ1n) is 6.32. The highest BCUT2D eigenvalue weighted by molar-refractivity contribution is 9.09. The molecule has 0 bridgehead atoms. The fraction of sp³-hybridized carbons (Fsp3) is 0.500. The third-order valence-corrected chi connectivity index (χ3v) is 4.12. The van der Waals surface area contributed by atoms with Gasteiger partial charge in [0.1, 0.15) is 0 Å². The number of para-hydroxylation sites is 1. The molecule has 0 aliphatic heterocycles. The van der Waals surface area contributed by atoms with Crippen molar-refractivity contribution in [1.29, 1.82) is 0 Å². The third kappa shape index (κ3) is 2.75. The van der Waals surface area contributed by atoms with Gasteiger partial charge < -0.3 is 10.0 Å². The number of nitrogens with zero attached hydrogens (tertiary/aromatic N) is 1. The first-order valence-corrected chi connectivity index (χ1v) is 7.24. The maximum Gasteiger partial charge on any atom is 0.227 e. The lowest BCUT2D eigenvalue weighted by Crippen LogP contribution is -2.44. The van der Waals surface area contributed by atoms with Crippen LogP contribution in [-0.2, 0) is 4.79 Å². The van der Waals surface area contributed by atoms with Gasteiger partial charge in [-0.25, -0.2) is 0 Å². The number of rotatable bonds is 3. The molecule has 1 unspecified atom stereocenters. The number of halogens is 1. The molecule has 1 N–H and O–H groups in total. The molecular weight excluding hydrogens is 294 g/mol. The number of anilines is 1. The van der Waals surface area contributed by atoms with Crippen LogP contribution in [0.15, 0.2) is 30.3 Å². The lowest BCUT2D eigenvalue weighted by Gasteiger charge is -2.31. The third-order valence-electron chi connectivity index (χ3n) is 3.38. The summed E-state index contributed by atoms with van der Waals surface area (Å²) in [6, 6.07) is 9.47. The Kier molecular flexibility index (Phi) is 4.40. The van der Waals surface area contributed by atoms with Crippen LogP contribution < -0.4 is 4.90 Å². The van der Waals surface area contributed by atoms with Gasteiger partial charge >= 0.3 is 0 Å². The van der Waals surface area contributed by atoms with Crippen LogP contribution in [0, 0.1) is 0 Å². The van der Waals surface area contributed by atoms with E-state index in [0.717, 1.165) is 12.1 Å². The molecule has 0 radical (unpaired) electrons. The van der Waals surface area contributed by atoms with Gasteiger partial charge in [-0.05, 0) is 25.0 Å². The van der Waals surface area contributed by atoms with Crippen LogP contribution in [0.3, 0.4) is 0 Å². The summed E-state index contributed by atoms with van der Waals surface area (Å²) >= 11 is 3.53. The van der Waals surface area contributed by atoms with Crippen LogP contribution in [-0.4, -0.2) is 28.0 Å². The molecular formula is C14H18BrNO2. The molecule has 3 nitrogen and oxygen atoms in total. The zero-order valence-electron chi connectivity index (χ0n) is 10.4. The number of aliphatic hydroxyl groups is 1. The second kappa shape index (κ2) is 5.85. The topological polar surface area (TPSA) is 40.5 Å². The molecule has 3 atom stereocenters. The molecule has 18 heavy (non-hydrogen) atoms. The lowest BCUT2D eigenvalue weighted by molar-refractivity contribution is -0.119. The summed E-state index contributed by atoms with van der Waals surface area (Å²) in [5.41, 5.74) is 0.870. The van der Waals surface area contributed by atoms with E-state index < -0.39 is 6.10 Å². The number of hydrogen-bond acceptors (Lipinski definition) is 2. The molecule has 1 amide bonds. The molecule has 1 saturated carbocycles. The van der Waals surface area contributed by atoms with Gasteiger partial charge in [-0.2, -0.15) is 0 Å². The summed E-state index contributed by atoms with van der Waals surface area (Å²) < 4.78 is 0. The summed E-state index contributed by atoms with van der Waals surface area (Å²) in [4.78, 5) is 14.2. The molecule has 98 valence electrons. The average Bonchev–Trinajstić information content (AvgIpc) is 2.70. The van der Waals surface area contributed by atoms with E-state index in [-0.39, 0.29) is 16.8 Å². The predicted octanol–water partition coefficient (Wildman–Crippen LogP) is 2.72. The molecule has 1 fully saturated rings. The van der Waals surface area contributed by atoms with Gasteiger partial charge in [-0.1, -0.05) is 41.1 Å². The number of carbonyl (C=O) groups excluding carboxylic acids is 1. The smallest absolute Gasteiger partial charge is 0.227 e. The Morgan fingerprint density at radius 3 is 2.56 bits per heavy atom. The van der Waals surface area contributed by atoms with E-state index in [1.807, 2.05) is 37.3 Å². The zero-order valence-corrected chi connectivity index (χ0v) is 12.0. The van der Waals surface area contributed by atoms with Gasteiger partial charge in [0.05, 0.1) is 12.1 Å². The van der Waals surface area contributed by atoms with E-state index in [4.69, 9.17) is 0 Å². The van der Waals surface area contributed by atoms with Gasteiger partial charge in [0.15, 0.2) is 0 Å². The fourth-order valence-electron chi connectivity index (χ4n) is 2.49. The number of benzene rings is 1. The van der Waals surface area contributed by atoms with Crippen LogP contribution in [0.5, 0.6) is 0 Å². The standard InChI is InChI=1S/C14H18BrNO2/c1-2-14(18)16(11-6-4-3-5-7-11)12-8-10(15)9-13(12)17/h3-7,10,12-13,17H,2,8-9H2,1H3/t10?,12-,13-/m1/s1. The Hall–Kier alpha value is -0.870. The maximum atomic E-state index is 12.2. The van der Waals surface area contributed by atoms with Gasteiger partial charge in [0.25, 0.3) is 0 Å². The number of aliphatic hydroxyl groups excluding tert-OH is 1. The van der Waals surface area contributed by atoms with Crippen molar-refractivity contribution >= 4 is 27.5 Å². The normalized spacial score (nSPS) is 27.2. The minimum absolute atomic E-state index is 0.0619. The van der Waals surface area contributed by atoms with Gasteiger partial charge in [-0.3, -0.25) is 4.79 Å². The van der Waals surface area contributed by atoms with Crippen LogP contribution in [0.4, 0.5) is 5.69 Å². The molecule has 1 aromatic carbocycles. The first-order chi connectivity index (χ1) is 8.63. The van der Waals surface area contributed by atoms with Crippen LogP contribution >= 0.6 is 15.9 Å². The highest BCUT2D eigenvalue weighted by Gasteiger charge is 2.38. The average molecular weight is 312 g/mol. The van der Waals surface area contributed by atoms with Gasteiger partial charge in [-0.15, -0.1) is 0 Å². The second-order valence-electron chi connectivity index (χ2n) is 4.66. The van der Waals surface area contributed by atoms with Gasteiger partial charge in [0, 0.05) is 16.9 Å². The van der Waals surface area contributed by atoms with E-state index >= 15 is 0 Å². The Morgan fingerprint density at radius 2 is 2.06 bits per heavy atom. The fourth-order valence-corrected chi connectivity index (χ4v) is 3.26. The molecule has 0 aromatic heterocycles. The molecule has 1 aromatic rings. The SMILES string of the molecule is CCC(=O)N(c1ccccc1)[C@@H]1CC(Br)C[C@H]1O. The van der Waals surface area contributed by atoms with Crippen molar-refractivity contribution < 1.29 is 9.90 Å². The van der Waals surface area contributed by atoms with Crippen molar-refractivity contribution in [1.82, 2.24) is 0 Å². The summed E-state index contributed by atoms with van der Waals surface area (Å²) in [5, 5.41) is 10.1. The predicted molar refractivity (Wildman–Crippen MR) is 76.0 cm³/mol. The van der Waals surface area contributed by atoms with Crippen LogP contribution in [0.2, 0.25) is 0 Å². The quantitative estimate of drug-likeness (QED) is 0.872. The van der Waals surface area contributed by atoms with E-state index in [1.54, 1.807) is 4.90 Å². The number of amides is 1. The Morgan fingerprint density at radius 1 is 1.39 bits per heavy atom. The second-order valence-corrected chi connectivity index (χ2v) is 5.95. The highest BCUT2D eigenvalue weighted by Crippen LogP contribution is 2.33. The van der Waals surface area contributed by atoms with Crippen LogP contribution in [0.25, 0.3) is 0 Å². The van der Waals surface area contributed by atoms with Crippen molar-refractivity contribution in [2.24, 2.45) is 0 Å². The van der Waals surface area contributed by atoms with Crippen molar-refractivity contribution in [2.75, 3.05) is 4.90 Å². The molecule has 1 aliphatic rings. The monoisotopic (exact) mass is 311 g/mol. The number of hydrogen-bond donors (Lipinski definition) is 1. The highest BCUT2D eigenvalue weighted by atomic mass is 79.9. The van der Waals surface area contributed by atoms with E-state index in [2.05, 4.69) is 15.9 Å². The summed E-state index contributed by atoms with van der Waals surface area (Å²) in [5.74, 6) is 0.0619. The van der Waals surface area contributed by atoms with Crippen LogP contribution in [0.1, 0.15) is 26.2 Å². The Bertz CT molecular complexity index is 410. The Labute approximate surface area is 116 Å². The molecule has 1 aliphatic carbocycles. The van der Waals surface area contributed by atoms with E-state index in [0.29, 0.717) is 12.8 Å². The lowest BCUT2D eigenvalue weighted by atomic mass is 10.1. The van der Waals surface area contributed by atoms with Crippen molar-refractivity contribution in [2.45, 2.75) is 43.2 Å². The molecule has 0 heterocycles. The van der Waals surface area contributed by atoms with E-state index in [9.17, 15) is 9.90 Å². The number of alkyl halides is 1. The minimum Gasteiger partial charge on any atom is -0.391 e. The Balaban J connectivity index is 2.29. The maximum absolute atomic E-state index is 12.2. The molecule has 0 saturated heterocycles. The number of carbonyl (C=O) groups is 1. The molecule has 2 rings (SSSR count).